The number of allylic oxidation sites excluding steroid dienone is 7. The first-order chi connectivity index (χ1) is 18.0. The average Bonchev–Trinajstić information content (AvgIpc) is 3.67. The summed E-state index contributed by atoms with van der Waals surface area (Å²) >= 11 is 0. The molecular formula is C30H34F4N4. The summed E-state index contributed by atoms with van der Waals surface area (Å²) in [6.07, 6.45) is 8.41. The van der Waals surface area contributed by atoms with Crippen molar-refractivity contribution < 1.29 is 17.6 Å². The van der Waals surface area contributed by atoms with Crippen molar-refractivity contribution in [3.8, 4) is 6.07 Å². The topological polar surface area (TPSA) is 33.5 Å². The molecule has 38 heavy (non-hydrogen) atoms. The zero-order valence-electron chi connectivity index (χ0n) is 22.0. The summed E-state index contributed by atoms with van der Waals surface area (Å²) in [5, 5.41) is 9.57. The van der Waals surface area contributed by atoms with E-state index in [1.165, 1.54) is 6.08 Å². The maximum atomic E-state index is 15.1. The van der Waals surface area contributed by atoms with Crippen LogP contribution >= 0.6 is 0 Å². The lowest BCUT2D eigenvalue weighted by molar-refractivity contribution is -0.0878. The highest BCUT2D eigenvalue weighted by Crippen LogP contribution is 2.51. The van der Waals surface area contributed by atoms with Crippen LogP contribution in [0.25, 0.3) is 5.57 Å². The molecular weight excluding hydrogens is 492 g/mol. The van der Waals surface area contributed by atoms with Crippen molar-refractivity contribution in [2.45, 2.75) is 37.9 Å². The number of fused-ring (bicyclic) bond motifs is 1. The fraction of sp³-hybridized carbons (Fsp3) is 0.367. The van der Waals surface area contributed by atoms with E-state index in [1.807, 2.05) is 18.3 Å². The van der Waals surface area contributed by atoms with E-state index in [4.69, 9.17) is 0 Å². The van der Waals surface area contributed by atoms with Gasteiger partial charge >= 0.3 is 6.18 Å². The summed E-state index contributed by atoms with van der Waals surface area (Å²) in [4.78, 5) is 6.50. The maximum absolute atomic E-state index is 15.1. The predicted octanol–water partition coefficient (Wildman–Crippen LogP) is 7.16. The van der Waals surface area contributed by atoms with Crippen LogP contribution in [0.3, 0.4) is 0 Å². The van der Waals surface area contributed by atoms with Gasteiger partial charge in [-0.1, -0.05) is 57.0 Å². The molecule has 0 N–H and O–H groups in total. The number of rotatable bonds is 6. The van der Waals surface area contributed by atoms with Crippen molar-refractivity contribution in [3.63, 3.8) is 0 Å². The number of halogens is 4. The van der Waals surface area contributed by atoms with E-state index in [0.717, 1.165) is 50.8 Å². The molecule has 8 heteroatoms. The molecule has 4 nitrogen and oxygen atoms in total. The molecule has 0 aromatic heterocycles. The largest absolute Gasteiger partial charge is 0.415 e. The van der Waals surface area contributed by atoms with Crippen molar-refractivity contribution in [1.29, 1.82) is 5.26 Å². The standard InChI is InChI=1S/C23H25FN4.C7H9F3/c1-4-5-6-23(7-8-23)28-16-18(15-25)17(2)19-13-20(24)22(14-21(19)28)27-11-9-26(3)10-12-27;1-3-4-5-6(2)7(8,9)10/h4-6,13-14,16H,1-2,7-12H2,3H3;4-5H,2-3H2,1H3/b6-5+;5-4-. The molecule has 202 valence electrons. The minimum absolute atomic E-state index is 0.178. The Hall–Kier alpha value is -3.57. The van der Waals surface area contributed by atoms with Gasteiger partial charge in [-0.25, -0.2) is 4.39 Å². The lowest BCUT2D eigenvalue weighted by atomic mass is 9.93. The van der Waals surface area contributed by atoms with Gasteiger partial charge in [0.05, 0.1) is 22.5 Å². The molecule has 0 amide bonds. The molecule has 2 heterocycles. The predicted molar refractivity (Wildman–Crippen MR) is 147 cm³/mol. The number of alkyl halides is 3. The number of hydrogen-bond donors (Lipinski definition) is 0. The molecule has 1 aliphatic carbocycles. The molecule has 1 saturated carbocycles. The summed E-state index contributed by atoms with van der Waals surface area (Å²) in [6, 6.07) is 5.71. The molecule has 2 fully saturated rings. The van der Waals surface area contributed by atoms with E-state index in [-0.39, 0.29) is 11.4 Å². The summed E-state index contributed by atoms with van der Waals surface area (Å²) in [6.45, 7) is 15.9. The molecule has 2 aliphatic heterocycles. The Balaban J connectivity index is 0.000000342. The second kappa shape index (κ2) is 11.9. The number of likely N-dealkylation sites (N-methyl/N-ethyl adjacent to an activating group) is 1. The van der Waals surface area contributed by atoms with E-state index in [9.17, 15) is 18.4 Å². The van der Waals surface area contributed by atoms with Crippen LogP contribution in [0.15, 0.2) is 79.6 Å². The number of nitriles is 1. The smallest absolute Gasteiger partial charge is 0.367 e. The first-order valence-corrected chi connectivity index (χ1v) is 12.6. The number of nitrogens with zero attached hydrogens (tertiary/aromatic N) is 4. The van der Waals surface area contributed by atoms with Crippen molar-refractivity contribution in [1.82, 2.24) is 4.90 Å². The Bertz CT molecular complexity index is 1200. The number of hydrogen-bond acceptors (Lipinski definition) is 4. The highest BCUT2D eigenvalue weighted by atomic mass is 19.4. The monoisotopic (exact) mass is 526 g/mol. The molecule has 1 aromatic rings. The van der Waals surface area contributed by atoms with Crippen molar-refractivity contribution in [2.75, 3.05) is 43.0 Å². The minimum Gasteiger partial charge on any atom is -0.367 e. The fourth-order valence-corrected chi connectivity index (χ4v) is 4.39. The molecule has 4 rings (SSSR count). The van der Waals surface area contributed by atoms with Gasteiger partial charge < -0.3 is 14.7 Å². The summed E-state index contributed by atoms with van der Waals surface area (Å²) in [7, 11) is 2.09. The van der Waals surface area contributed by atoms with Gasteiger partial charge in [-0.3, -0.25) is 0 Å². The van der Waals surface area contributed by atoms with Crippen LogP contribution in [0.4, 0.5) is 28.9 Å². The molecule has 1 saturated heterocycles. The van der Waals surface area contributed by atoms with Gasteiger partial charge in [0.2, 0.25) is 0 Å². The SMILES string of the molecule is C=C(/C=C\CC)C(F)(F)F.C=C/C=C/C1(N2C=C(C#N)C(=C)c3cc(F)c(N4CCN(C)CC4)cc32)CC1. The van der Waals surface area contributed by atoms with Crippen LogP contribution in [0.5, 0.6) is 0 Å². The van der Waals surface area contributed by atoms with Crippen LogP contribution < -0.4 is 9.80 Å². The van der Waals surface area contributed by atoms with Crippen LogP contribution in [-0.2, 0) is 0 Å². The van der Waals surface area contributed by atoms with Gasteiger partial charge in [0.25, 0.3) is 0 Å². The molecule has 1 aromatic carbocycles. The lowest BCUT2D eigenvalue weighted by Crippen LogP contribution is -2.45. The van der Waals surface area contributed by atoms with Crippen LogP contribution in [0.1, 0.15) is 31.7 Å². The highest BCUT2D eigenvalue weighted by Gasteiger charge is 2.47. The second-order valence-corrected chi connectivity index (χ2v) is 9.65. The second-order valence-electron chi connectivity index (χ2n) is 9.65. The number of benzene rings is 1. The minimum atomic E-state index is -4.27. The van der Waals surface area contributed by atoms with E-state index in [0.29, 0.717) is 28.8 Å². The third kappa shape index (κ3) is 6.46. The van der Waals surface area contributed by atoms with Crippen molar-refractivity contribution >= 4 is 16.9 Å². The summed E-state index contributed by atoms with van der Waals surface area (Å²) in [5.74, 6) is -0.255. The van der Waals surface area contributed by atoms with Gasteiger partial charge in [0.15, 0.2) is 0 Å². The summed E-state index contributed by atoms with van der Waals surface area (Å²) in [5.41, 5.74) is 2.34. The Morgan fingerprint density at radius 3 is 2.34 bits per heavy atom. The van der Waals surface area contributed by atoms with Crippen LogP contribution in [-0.4, -0.2) is 49.8 Å². The third-order valence-electron chi connectivity index (χ3n) is 6.90. The molecule has 0 radical (unpaired) electrons. The van der Waals surface area contributed by atoms with Gasteiger partial charge in [-0.15, -0.1) is 0 Å². The van der Waals surface area contributed by atoms with E-state index in [1.54, 1.807) is 19.1 Å². The molecule has 0 bridgehead atoms. The summed E-state index contributed by atoms with van der Waals surface area (Å²) < 4.78 is 49.9. The van der Waals surface area contributed by atoms with Crippen molar-refractivity contribution in [3.05, 3.63) is 91.0 Å². The molecule has 0 unspecified atom stereocenters. The highest BCUT2D eigenvalue weighted by molar-refractivity contribution is 5.93. The molecule has 0 atom stereocenters. The zero-order chi connectivity index (χ0) is 28.1. The Morgan fingerprint density at radius 2 is 1.82 bits per heavy atom. The number of anilines is 2. The van der Waals surface area contributed by atoms with E-state index in [2.05, 4.69) is 53.6 Å². The van der Waals surface area contributed by atoms with Crippen LogP contribution in [0.2, 0.25) is 0 Å². The normalized spacial score (nSPS) is 19.0. The van der Waals surface area contributed by atoms with E-state index >= 15 is 4.39 Å². The van der Waals surface area contributed by atoms with E-state index < -0.39 is 11.7 Å². The first kappa shape index (κ1) is 29.0. The van der Waals surface area contributed by atoms with Crippen molar-refractivity contribution in [2.24, 2.45) is 0 Å². The van der Waals surface area contributed by atoms with Gasteiger partial charge in [0, 0.05) is 43.5 Å². The molecule has 3 aliphatic rings. The Kier molecular flexibility index (Phi) is 9.05. The van der Waals surface area contributed by atoms with Gasteiger partial charge in [-0.2, -0.15) is 18.4 Å². The Morgan fingerprint density at radius 1 is 1.16 bits per heavy atom. The lowest BCUT2D eigenvalue weighted by Gasteiger charge is -2.38. The maximum Gasteiger partial charge on any atom is 0.415 e. The third-order valence-corrected chi connectivity index (χ3v) is 6.90. The van der Waals surface area contributed by atoms with Gasteiger partial charge in [-0.05, 0) is 44.0 Å². The Labute approximate surface area is 222 Å². The zero-order valence-corrected chi connectivity index (χ0v) is 22.0. The fourth-order valence-electron chi connectivity index (χ4n) is 4.39. The van der Waals surface area contributed by atoms with Crippen LogP contribution in [0, 0.1) is 17.1 Å². The number of piperazine rings is 1. The first-order valence-electron chi connectivity index (χ1n) is 12.6. The molecule has 0 spiro atoms. The average molecular weight is 527 g/mol. The van der Waals surface area contributed by atoms with Gasteiger partial charge in [0.1, 0.15) is 11.9 Å². The quantitative estimate of drug-likeness (QED) is 0.291.